The number of carbonyl (C=O) groups is 1. The smallest absolute Gasteiger partial charge is 0.314 e. The lowest BCUT2D eigenvalue weighted by Crippen LogP contribution is -2.51. The summed E-state index contributed by atoms with van der Waals surface area (Å²) >= 11 is 0. The van der Waals surface area contributed by atoms with E-state index in [9.17, 15) is 9.90 Å². The fraction of sp³-hybridized carbons (Fsp3) is 0.909. The first-order valence-electron chi connectivity index (χ1n) is 5.66. The largest absolute Gasteiger partial charge is 0.388 e. The molecule has 0 saturated heterocycles. The third-order valence-corrected chi connectivity index (χ3v) is 3.09. The molecule has 0 atom stereocenters. The van der Waals surface area contributed by atoms with Gasteiger partial charge in [-0.25, -0.2) is 4.79 Å². The Hall–Kier alpha value is -0.810. The molecule has 0 aromatic rings. The van der Waals surface area contributed by atoms with Crippen LogP contribution < -0.4 is 10.6 Å². The molecule has 5 nitrogen and oxygen atoms in total. The molecule has 0 aromatic heterocycles. The van der Waals surface area contributed by atoms with Crippen molar-refractivity contribution in [1.29, 1.82) is 0 Å². The lowest BCUT2D eigenvalue weighted by molar-refractivity contribution is -0.0292. The van der Waals surface area contributed by atoms with Gasteiger partial charge in [0.15, 0.2) is 0 Å². The summed E-state index contributed by atoms with van der Waals surface area (Å²) in [7, 11) is 1.61. The Morgan fingerprint density at radius 3 is 2.50 bits per heavy atom. The molecule has 1 rings (SSSR count). The van der Waals surface area contributed by atoms with Crippen LogP contribution >= 0.6 is 0 Å². The molecule has 5 heteroatoms. The number of urea groups is 1. The van der Waals surface area contributed by atoms with E-state index in [1.165, 1.54) is 0 Å². The van der Waals surface area contributed by atoms with Gasteiger partial charge in [-0.05, 0) is 33.1 Å². The lowest BCUT2D eigenvalue weighted by atomic mass is 9.80. The second-order valence-corrected chi connectivity index (χ2v) is 5.08. The highest BCUT2D eigenvalue weighted by molar-refractivity contribution is 5.74. The number of amides is 2. The number of hydrogen-bond acceptors (Lipinski definition) is 3. The Morgan fingerprint density at radius 2 is 2.06 bits per heavy atom. The van der Waals surface area contributed by atoms with Crippen LogP contribution in [0.2, 0.25) is 0 Å². The maximum Gasteiger partial charge on any atom is 0.314 e. The lowest BCUT2D eigenvalue weighted by Gasteiger charge is -2.36. The highest BCUT2D eigenvalue weighted by atomic mass is 16.5. The summed E-state index contributed by atoms with van der Waals surface area (Å²) in [5.41, 5.74) is -1.04. The fourth-order valence-corrected chi connectivity index (χ4v) is 1.43. The Balaban J connectivity index is 2.16. The minimum atomic E-state index is -0.673. The number of hydrogen-bond donors (Lipinski definition) is 3. The second-order valence-electron chi connectivity index (χ2n) is 5.08. The van der Waals surface area contributed by atoms with Crippen LogP contribution in [0.5, 0.6) is 0 Å². The number of rotatable bonds is 5. The van der Waals surface area contributed by atoms with Crippen molar-refractivity contribution in [2.24, 2.45) is 0 Å². The Bertz CT molecular complexity index is 232. The third-order valence-electron chi connectivity index (χ3n) is 3.09. The Kier molecular flexibility index (Phi) is 4.15. The third kappa shape index (κ3) is 3.98. The van der Waals surface area contributed by atoms with Gasteiger partial charge in [0.1, 0.15) is 0 Å². The minimum absolute atomic E-state index is 0.259. The van der Waals surface area contributed by atoms with Crippen molar-refractivity contribution < 1.29 is 14.6 Å². The molecule has 94 valence electrons. The summed E-state index contributed by atoms with van der Waals surface area (Å²) in [4.78, 5) is 11.4. The molecule has 16 heavy (non-hydrogen) atoms. The predicted molar refractivity (Wildman–Crippen MR) is 61.3 cm³/mol. The number of ether oxygens (including phenoxy) is 1. The van der Waals surface area contributed by atoms with Crippen molar-refractivity contribution in [3.63, 3.8) is 0 Å². The SMILES string of the molecule is COC(C)(C)CNC(=O)NCC1(O)CCC1. The van der Waals surface area contributed by atoms with Crippen LogP contribution in [0.1, 0.15) is 33.1 Å². The van der Waals surface area contributed by atoms with Gasteiger partial charge in [-0.1, -0.05) is 0 Å². The monoisotopic (exact) mass is 230 g/mol. The van der Waals surface area contributed by atoms with Gasteiger partial charge in [0.25, 0.3) is 0 Å². The van der Waals surface area contributed by atoms with Gasteiger partial charge in [-0.2, -0.15) is 0 Å². The molecule has 1 aliphatic carbocycles. The average molecular weight is 230 g/mol. The van der Waals surface area contributed by atoms with Crippen LogP contribution in [0.25, 0.3) is 0 Å². The standard InChI is InChI=1S/C11H22N2O3/c1-10(2,16-3)7-12-9(14)13-8-11(15)5-4-6-11/h15H,4-8H2,1-3H3,(H2,12,13,14). The van der Waals surface area contributed by atoms with Gasteiger partial charge in [-0.3, -0.25) is 0 Å². The Labute approximate surface area is 96.6 Å². The summed E-state index contributed by atoms with van der Waals surface area (Å²) in [5, 5.41) is 15.1. The molecule has 2 amide bonds. The van der Waals surface area contributed by atoms with E-state index in [2.05, 4.69) is 10.6 Å². The minimum Gasteiger partial charge on any atom is -0.388 e. The normalized spacial score (nSPS) is 18.8. The van der Waals surface area contributed by atoms with E-state index < -0.39 is 5.60 Å². The molecule has 0 aromatic carbocycles. The van der Waals surface area contributed by atoms with Crippen molar-refractivity contribution in [2.75, 3.05) is 20.2 Å². The predicted octanol–water partition coefficient (Wildman–Crippen LogP) is 0.626. The number of nitrogens with one attached hydrogen (secondary N) is 2. The second kappa shape index (κ2) is 5.01. The number of carbonyl (C=O) groups excluding carboxylic acids is 1. The van der Waals surface area contributed by atoms with Crippen molar-refractivity contribution in [2.45, 2.75) is 44.3 Å². The first-order chi connectivity index (χ1) is 7.37. The summed E-state index contributed by atoms with van der Waals surface area (Å²) in [6.07, 6.45) is 2.59. The summed E-state index contributed by atoms with van der Waals surface area (Å²) in [6, 6.07) is -0.259. The fourth-order valence-electron chi connectivity index (χ4n) is 1.43. The molecule has 0 heterocycles. The van der Waals surface area contributed by atoms with Gasteiger partial charge in [0.05, 0.1) is 11.2 Å². The van der Waals surface area contributed by atoms with Crippen molar-refractivity contribution in [1.82, 2.24) is 10.6 Å². The quantitative estimate of drug-likeness (QED) is 0.648. The topological polar surface area (TPSA) is 70.6 Å². The molecule has 3 N–H and O–H groups in total. The van der Waals surface area contributed by atoms with Crippen LogP contribution in [0.3, 0.4) is 0 Å². The zero-order chi connectivity index (χ0) is 12.2. The number of methoxy groups -OCH3 is 1. The highest BCUT2D eigenvalue weighted by Crippen LogP contribution is 2.30. The zero-order valence-electron chi connectivity index (χ0n) is 10.3. The van der Waals surface area contributed by atoms with E-state index >= 15 is 0 Å². The van der Waals surface area contributed by atoms with Crippen molar-refractivity contribution in [3.8, 4) is 0 Å². The van der Waals surface area contributed by atoms with Crippen molar-refractivity contribution >= 4 is 6.03 Å². The first kappa shape index (κ1) is 13.3. The van der Waals surface area contributed by atoms with Crippen LogP contribution in [0.4, 0.5) is 4.79 Å². The molecule has 1 aliphatic rings. The van der Waals surface area contributed by atoms with Crippen LogP contribution in [-0.4, -0.2) is 42.5 Å². The summed E-state index contributed by atoms with van der Waals surface area (Å²) in [5.74, 6) is 0. The van der Waals surface area contributed by atoms with Gasteiger partial charge >= 0.3 is 6.03 Å². The molecule has 0 radical (unpaired) electrons. The van der Waals surface area contributed by atoms with E-state index in [0.717, 1.165) is 19.3 Å². The molecule has 0 bridgehead atoms. The molecule has 1 fully saturated rings. The highest BCUT2D eigenvalue weighted by Gasteiger charge is 2.34. The van der Waals surface area contributed by atoms with E-state index in [-0.39, 0.29) is 11.6 Å². The van der Waals surface area contributed by atoms with E-state index in [1.807, 2.05) is 13.8 Å². The average Bonchev–Trinajstić information content (AvgIpc) is 2.21. The van der Waals surface area contributed by atoms with E-state index in [0.29, 0.717) is 13.1 Å². The maximum absolute atomic E-state index is 11.4. The maximum atomic E-state index is 11.4. The van der Waals surface area contributed by atoms with Gasteiger partial charge in [0, 0.05) is 20.2 Å². The van der Waals surface area contributed by atoms with Gasteiger partial charge in [-0.15, -0.1) is 0 Å². The van der Waals surface area contributed by atoms with Crippen LogP contribution in [0, 0.1) is 0 Å². The zero-order valence-corrected chi connectivity index (χ0v) is 10.3. The molecular weight excluding hydrogens is 208 g/mol. The molecular formula is C11H22N2O3. The first-order valence-corrected chi connectivity index (χ1v) is 5.66. The van der Waals surface area contributed by atoms with Gasteiger partial charge < -0.3 is 20.5 Å². The van der Waals surface area contributed by atoms with Crippen molar-refractivity contribution in [3.05, 3.63) is 0 Å². The van der Waals surface area contributed by atoms with E-state index in [1.54, 1.807) is 7.11 Å². The van der Waals surface area contributed by atoms with E-state index in [4.69, 9.17) is 4.74 Å². The molecule has 0 spiro atoms. The van der Waals surface area contributed by atoms with Gasteiger partial charge in [0.2, 0.25) is 0 Å². The number of aliphatic hydroxyl groups is 1. The molecule has 0 aliphatic heterocycles. The summed E-state index contributed by atoms with van der Waals surface area (Å²) < 4.78 is 5.17. The van der Waals surface area contributed by atoms with Crippen LogP contribution in [0.15, 0.2) is 0 Å². The summed E-state index contributed by atoms with van der Waals surface area (Å²) in [6.45, 7) is 4.56. The Morgan fingerprint density at radius 1 is 1.44 bits per heavy atom. The van der Waals surface area contributed by atoms with Crippen LogP contribution in [-0.2, 0) is 4.74 Å². The molecule has 1 saturated carbocycles. The molecule has 0 unspecified atom stereocenters.